The summed E-state index contributed by atoms with van der Waals surface area (Å²) in [5, 5.41) is 0. The number of nitrogen functional groups attached to an aromatic ring is 1. The summed E-state index contributed by atoms with van der Waals surface area (Å²) in [5.41, 5.74) is 9.39. The lowest BCUT2D eigenvalue weighted by molar-refractivity contribution is 0.572. The highest BCUT2D eigenvalue weighted by Gasteiger charge is 2.17. The maximum absolute atomic E-state index is 12.3. The van der Waals surface area contributed by atoms with Crippen LogP contribution in [-0.2, 0) is 16.6 Å². The third kappa shape index (κ3) is 3.22. The molecule has 0 saturated carbocycles. The van der Waals surface area contributed by atoms with Crippen molar-refractivity contribution >= 4 is 26.9 Å². The summed E-state index contributed by atoms with van der Waals surface area (Å²) >= 11 is 0. The lowest BCUT2D eigenvalue weighted by Gasteiger charge is -2.11. The molecule has 8 heteroatoms. The van der Waals surface area contributed by atoms with Gasteiger partial charge in [-0.05, 0) is 38.5 Å². The monoisotopic (exact) mass is 359 g/mol. The van der Waals surface area contributed by atoms with Gasteiger partial charge >= 0.3 is 0 Å². The molecule has 3 rings (SSSR count). The molecular weight excluding hydrogens is 338 g/mol. The normalized spacial score (nSPS) is 12.0. The zero-order chi connectivity index (χ0) is 18.2. The van der Waals surface area contributed by atoms with E-state index in [-0.39, 0.29) is 11.4 Å². The maximum atomic E-state index is 12.3. The van der Waals surface area contributed by atoms with Gasteiger partial charge in [-0.2, -0.15) is 0 Å². The van der Waals surface area contributed by atoms with E-state index in [2.05, 4.69) is 14.7 Å². The molecule has 0 aliphatic carbocycles. The topological polar surface area (TPSA) is 103 Å². The number of sulfonamides is 1. The number of anilines is 1. The molecule has 0 aliphatic rings. The van der Waals surface area contributed by atoms with E-state index in [1.54, 1.807) is 30.3 Å². The number of imidazole rings is 1. The minimum Gasteiger partial charge on any atom is -0.382 e. The van der Waals surface area contributed by atoms with Crippen LogP contribution >= 0.6 is 0 Å². The van der Waals surface area contributed by atoms with Crippen LogP contribution in [0.4, 0.5) is 5.82 Å². The number of nitrogens with zero attached hydrogens (tertiary/aromatic N) is 3. The summed E-state index contributed by atoms with van der Waals surface area (Å²) in [6, 6.07) is 8.32. The molecule has 0 bridgehead atoms. The summed E-state index contributed by atoms with van der Waals surface area (Å²) in [6.45, 7) is 6.45. The van der Waals surface area contributed by atoms with Crippen LogP contribution in [0.2, 0.25) is 0 Å². The van der Waals surface area contributed by atoms with Crippen molar-refractivity contribution < 1.29 is 8.42 Å². The molecule has 0 saturated heterocycles. The molecule has 0 aliphatic heterocycles. The zero-order valence-electron chi connectivity index (χ0n) is 14.4. The van der Waals surface area contributed by atoms with Crippen molar-refractivity contribution in [3.05, 3.63) is 47.4 Å². The fourth-order valence-electron chi connectivity index (χ4n) is 2.86. The van der Waals surface area contributed by atoms with Gasteiger partial charge in [0, 0.05) is 18.8 Å². The van der Waals surface area contributed by atoms with Crippen LogP contribution in [0.5, 0.6) is 0 Å². The standard InChI is InChI=1S/C17H21N5O2S/c1-11-12(2)20-17(18)15-16(11)22(13(3)21-15)10-9-19-25(23,24)14-7-5-4-6-8-14/h4-8,19H,9-10H2,1-3H3,(H2,18,20). The zero-order valence-corrected chi connectivity index (χ0v) is 15.3. The Labute approximate surface area is 147 Å². The number of aromatic nitrogens is 3. The Morgan fingerprint density at radius 3 is 2.48 bits per heavy atom. The van der Waals surface area contributed by atoms with Gasteiger partial charge in [0.2, 0.25) is 10.0 Å². The quantitative estimate of drug-likeness (QED) is 0.724. The molecule has 0 fully saturated rings. The molecule has 0 amide bonds. The number of hydrogen-bond donors (Lipinski definition) is 2. The van der Waals surface area contributed by atoms with Crippen molar-refractivity contribution in [3.8, 4) is 0 Å². The average Bonchev–Trinajstić information content (AvgIpc) is 2.91. The van der Waals surface area contributed by atoms with E-state index in [1.165, 1.54) is 0 Å². The van der Waals surface area contributed by atoms with E-state index in [9.17, 15) is 8.42 Å². The number of benzene rings is 1. The van der Waals surface area contributed by atoms with Gasteiger partial charge in [0.05, 0.1) is 10.4 Å². The van der Waals surface area contributed by atoms with Crippen molar-refractivity contribution in [2.45, 2.75) is 32.2 Å². The molecule has 3 aromatic rings. The molecule has 0 radical (unpaired) electrons. The maximum Gasteiger partial charge on any atom is 0.240 e. The van der Waals surface area contributed by atoms with E-state index in [4.69, 9.17) is 5.73 Å². The molecule has 0 atom stereocenters. The number of hydrogen-bond acceptors (Lipinski definition) is 5. The first-order valence-electron chi connectivity index (χ1n) is 7.95. The Hall–Kier alpha value is -2.45. The first kappa shape index (κ1) is 17.4. The van der Waals surface area contributed by atoms with Gasteiger partial charge < -0.3 is 10.3 Å². The van der Waals surface area contributed by atoms with E-state index < -0.39 is 10.0 Å². The second-order valence-electron chi connectivity index (χ2n) is 5.93. The summed E-state index contributed by atoms with van der Waals surface area (Å²) in [4.78, 5) is 9.04. The van der Waals surface area contributed by atoms with Gasteiger partial charge in [-0.1, -0.05) is 18.2 Å². The predicted octanol–water partition coefficient (Wildman–Crippen LogP) is 1.92. The highest BCUT2D eigenvalue weighted by atomic mass is 32.2. The van der Waals surface area contributed by atoms with Gasteiger partial charge in [-0.25, -0.2) is 23.1 Å². The van der Waals surface area contributed by atoms with E-state index in [0.717, 1.165) is 22.6 Å². The molecule has 7 nitrogen and oxygen atoms in total. The Morgan fingerprint density at radius 2 is 1.80 bits per heavy atom. The number of nitrogens with two attached hydrogens (primary N) is 1. The molecule has 0 spiro atoms. The van der Waals surface area contributed by atoms with Crippen molar-refractivity contribution in [3.63, 3.8) is 0 Å². The van der Waals surface area contributed by atoms with Crippen molar-refractivity contribution in [1.29, 1.82) is 0 Å². The number of aryl methyl sites for hydroxylation is 3. The number of pyridine rings is 1. The SMILES string of the molecule is Cc1nc(N)c2nc(C)n(CCNS(=O)(=O)c3ccccc3)c2c1C. The van der Waals surface area contributed by atoms with Gasteiger partial charge in [0.25, 0.3) is 0 Å². The minimum atomic E-state index is -3.53. The number of rotatable bonds is 5. The first-order valence-corrected chi connectivity index (χ1v) is 9.44. The molecule has 25 heavy (non-hydrogen) atoms. The first-order chi connectivity index (χ1) is 11.8. The summed E-state index contributed by atoms with van der Waals surface area (Å²) < 4.78 is 29.2. The Kier molecular flexibility index (Phi) is 4.49. The number of nitrogens with one attached hydrogen (secondary N) is 1. The summed E-state index contributed by atoms with van der Waals surface area (Å²) in [6.07, 6.45) is 0. The third-order valence-corrected chi connectivity index (χ3v) is 5.75. The third-order valence-electron chi connectivity index (χ3n) is 4.27. The Bertz CT molecular complexity index is 1030. The van der Waals surface area contributed by atoms with Gasteiger partial charge in [-0.15, -0.1) is 0 Å². The van der Waals surface area contributed by atoms with Gasteiger partial charge in [0.15, 0.2) is 5.82 Å². The molecule has 132 valence electrons. The van der Waals surface area contributed by atoms with E-state index >= 15 is 0 Å². The fourth-order valence-corrected chi connectivity index (χ4v) is 3.90. The van der Waals surface area contributed by atoms with E-state index in [1.807, 2.05) is 25.3 Å². The Morgan fingerprint density at radius 1 is 1.12 bits per heavy atom. The van der Waals surface area contributed by atoms with Crippen molar-refractivity contribution in [1.82, 2.24) is 19.3 Å². The van der Waals surface area contributed by atoms with Crippen molar-refractivity contribution in [2.75, 3.05) is 12.3 Å². The lowest BCUT2D eigenvalue weighted by atomic mass is 10.2. The summed E-state index contributed by atoms with van der Waals surface area (Å²) in [5.74, 6) is 1.17. The number of fused-ring (bicyclic) bond motifs is 1. The van der Waals surface area contributed by atoms with Gasteiger partial charge in [-0.3, -0.25) is 0 Å². The molecule has 2 aromatic heterocycles. The lowest BCUT2D eigenvalue weighted by Crippen LogP contribution is -2.27. The van der Waals surface area contributed by atoms with Crippen LogP contribution < -0.4 is 10.5 Å². The minimum absolute atomic E-state index is 0.252. The fraction of sp³-hybridized carbons (Fsp3) is 0.294. The highest BCUT2D eigenvalue weighted by molar-refractivity contribution is 7.89. The van der Waals surface area contributed by atoms with Crippen LogP contribution in [0.3, 0.4) is 0 Å². The average molecular weight is 359 g/mol. The van der Waals surface area contributed by atoms with E-state index in [0.29, 0.717) is 17.9 Å². The van der Waals surface area contributed by atoms with Gasteiger partial charge in [0.1, 0.15) is 11.3 Å². The molecule has 1 aromatic carbocycles. The largest absolute Gasteiger partial charge is 0.382 e. The summed E-state index contributed by atoms with van der Waals surface area (Å²) in [7, 11) is -3.53. The van der Waals surface area contributed by atoms with Crippen LogP contribution in [0.15, 0.2) is 35.2 Å². The molecule has 0 unspecified atom stereocenters. The van der Waals surface area contributed by atoms with Crippen LogP contribution in [-0.4, -0.2) is 29.5 Å². The Balaban J connectivity index is 1.86. The second-order valence-corrected chi connectivity index (χ2v) is 7.69. The van der Waals surface area contributed by atoms with Crippen LogP contribution in [0.1, 0.15) is 17.1 Å². The molecule has 3 N–H and O–H groups in total. The smallest absolute Gasteiger partial charge is 0.240 e. The molecular formula is C17H21N5O2S. The second kappa shape index (κ2) is 6.45. The highest BCUT2D eigenvalue weighted by Crippen LogP contribution is 2.25. The molecule has 2 heterocycles. The predicted molar refractivity (Wildman–Crippen MR) is 97.8 cm³/mol. The van der Waals surface area contributed by atoms with Crippen molar-refractivity contribution in [2.24, 2.45) is 0 Å². The van der Waals surface area contributed by atoms with Crippen LogP contribution in [0.25, 0.3) is 11.0 Å². The van der Waals surface area contributed by atoms with Crippen LogP contribution in [0, 0.1) is 20.8 Å².